The molecule has 4 aromatic rings. The number of para-hydroxylation sites is 3. The van der Waals surface area contributed by atoms with Crippen molar-refractivity contribution in [3.05, 3.63) is 90.6 Å². The molecule has 0 unspecified atom stereocenters. The van der Waals surface area contributed by atoms with Gasteiger partial charge in [0.15, 0.2) is 5.82 Å². The fraction of sp³-hybridized carbons (Fsp3) is 0.0476. The van der Waals surface area contributed by atoms with E-state index in [1.54, 1.807) is 53.4 Å². The highest BCUT2D eigenvalue weighted by molar-refractivity contribution is 6.07. The van der Waals surface area contributed by atoms with Gasteiger partial charge < -0.3 is 14.6 Å². The van der Waals surface area contributed by atoms with E-state index in [1.165, 1.54) is 24.1 Å². The van der Waals surface area contributed by atoms with Gasteiger partial charge in [-0.05, 0) is 36.4 Å². The number of benzene rings is 2. The molecule has 0 radical (unpaired) electrons. The number of carbonyl (C=O) groups excluding carboxylic acids is 1. The molecule has 0 atom stereocenters. The molecule has 4 rings (SSSR count). The van der Waals surface area contributed by atoms with Gasteiger partial charge in [-0.3, -0.25) is 4.79 Å². The summed E-state index contributed by atoms with van der Waals surface area (Å²) < 4.78 is 22.8. The molecule has 6 nitrogen and oxygen atoms in total. The Hall–Kier alpha value is -3.87. The number of hydrogen-bond acceptors (Lipinski definition) is 3. The maximum absolute atomic E-state index is 14.4. The van der Waals surface area contributed by atoms with Gasteiger partial charge in [0.2, 0.25) is 0 Å². The lowest BCUT2D eigenvalue weighted by atomic mass is 10.2. The van der Waals surface area contributed by atoms with Crippen molar-refractivity contribution >= 4 is 11.6 Å². The van der Waals surface area contributed by atoms with Crippen LogP contribution in [0, 0.1) is 5.82 Å². The van der Waals surface area contributed by atoms with Crippen LogP contribution in [0.2, 0.25) is 0 Å². The van der Waals surface area contributed by atoms with Crippen molar-refractivity contribution in [1.29, 1.82) is 0 Å². The molecule has 0 aliphatic carbocycles. The Bertz CT molecular complexity index is 1120. The predicted molar refractivity (Wildman–Crippen MR) is 104 cm³/mol. The van der Waals surface area contributed by atoms with Crippen molar-refractivity contribution in [3.63, 3.8) is 0 Å². The van der Waals surface area contributed by atoms with E-state index in [1.807, 2.05) is 18.2 Å². The largest absolute Gasteiger partial charge is 0.495 e. The second-order valence-electron chi connectivity index (χ2n) is 5.99. The number of ether oxygens (including phenoxy) is 1. The third-order valence-electron chi connectivity index (χ3n) is 4.27. The van der Waals surface area contributed by atoms with Gasteiger partial charge in [0.05, 0.1) is 19.0 Å². The first-order chi connectivity index (χ1) is 13.7. The lowest BCUT2D eigenvalue weighted by Crippen LogP contribution is -2.16. The van der Waals surface area contributed by atoms with Crippen molar-refractivity contribution < 1.29 is 13.9 Å². The standard InChI is InChI=1S/C21H17FN4O2/c1-28-19-11-5-3-9-17(19)24-20(27)15-14-23-26(18-10-4-2-8-16(18)22)21(15)25-12-6-7-13-25/h2-14H,1H3,(H,24,27). The lowest BCUT2D eigenvalue weighted by molar-refractivity contribution is 0.102. The van der Waals surface area contributed by atoms with E-state index in [9.17, 15) is 9.18 Å². The molecule has 0 saturated carbocycles. The average molecular weight is 376 g/mol. The first kappa shape index (κ1) is 17.5. The number of halogens is 1. The normalized spacial score (nSPS) is 10.6. The van der Waals surface area contributed by atoms with E-state index in [-0.39, 0.29) is 11.6 Å². The van der Waals surface area contributed by atoms with Crippen molar-refractivity contribution in [1.82, 2.24) is 14.3 Å². The zero-order valence-electron chi connectivity index (χ0n) is 15.0. The quantitative estimate of drug-likeness (QED) is 0.571. The summed E-state index contributed by atoms with van der Waals surface area (Å²) >= 11 is 0. The smallest absolute Gasteiger partial charge is 0.261 e. The summed E-state index contributed by atoms with van der Waals surface area (Å²) in [5, 5.41) is 7.11. The molecule has 0 aliphatic heterocycles. The molecule has 0 spiro atoms. The zero-order chi connectivity index (χ0) is 19.5. The average Bonchev–Trinajstić information content (AvgIpc) is 3.38. The SMILES string of the molecule is COc1ccccc1NC(=O)c1cnn(-c2ccccc2F)c1-n1cccc1. The minimum Gasteiger partial charge on any atom is -0.495 e. The Morgan fingerprint density at radius 2 is 1.75 bits per heavy atom. The third kappa shape index (κ3) is 3.14. The number of hydrogen-bond donors (Lipinski definition) is 1. The van der Waals surface area contributed by atoms with Crippen LogP contribution in [-0.4, -0.2) is 27.4 Å². The van der Waals surface area contributed by atoms with Gasteiger partial charge in [-0.1, -0.05) is 24.3 Å². The van der Waals surface area contributed by atoms with Crippen LogP contribution < -0.4 is 10.1 Å². The minimum atomic E-state index is -0.435. The lowest BCUT2D eigenvalue weighted by Gasteiger charge is -2.13. The second kappa shape index (κ2) is 7.40. The van der Waals surface area contributed by atoms with E-state index in [4.69, 9.17) is 4.74 Å². The Kier molecular flexibility index (Phi) is 4.63. The molecule has 2 aromatic carbocycles. The van der Waals surface area contributed by atoms with Gasteiger partial charge in [0.1, 0.15) is 22.8 Å². The monoisotopic (exact) mass is 376 g/mol. The van der Waals surface area contributed by atoms with Gasteiger partial charge >= 0.3 is 0 Å². The molecule has 0 aliphatic rings. The Labute approximate surface area is 160 Å². The topological polar surface area (TPSA) is 61.1 Å². The highest BCUT2D eigenvalue weighted by Crippen LogP contribution is 2.26. The maximum atomic E-state index is 14.4. The molecule has 0 fully saturated rings. The van der Waals surface area contributed by atoms with E-state index in [0.29, 0.717) is 22.8 Å². The number of methoxy groups -OCH3 is 1. The fourth-order valence-corrected chi connectivity index (χ4v) is 2.96. The van der Waals surface area contributed by atoms with Gasteiger partial charge in [0.25, 0.3) is 5.91 Å². The minimum absolute atomic E-state index is 0.252. The van der Waals surface area contributed by atoms with Crippen LogP contribution in [0.25, 0.3) is 11.5 Å². The number of aromatic nitrogens is 3. The fourth-order valence-electron chi connectivity index (χ4n) is 2.96. The van der Waals surface area contributed by atoms with Crippen LogP contribution in [0.3, 0.4) is 0 Å². The molecule has 2 heterocycles. The third-order valence-corrected chi connectivity index (χ3v) is 4.27. The van der Waals surface area contributed by atoms with E-state index in [0.717, 1.165) is 0 Å². The van der Waals surface area contributed by atoms with Crippen molar-refractivity contribution in [3.8, 4) is 17.3 Å². The first-order valence-corrected chi connectivity index (χ1v) is 8.59. The molecule has 0 bridgehead atoms. The number of nitrogens with zero attached hydrogens (tertiary/aromatic N) is 3. The van der Waals surface area contributed by atoms with Crippen molar-refractivity contribution in [2.45, 2.75) is 0 Å². The van der Waals surface area contributed by atoms with Crippen molar-refractivity contribution in [2.75, 3.05) is 12.4 Å². The first-order valence-electron chi connectivity index (χ1n) is 8.59. The number of anilines is 1. The van der Waals surface area contributed by atoms with Crippen LogP contribution in [0.5, 0.6) is 5.75 Å². The van der Waals surface area contributed by atoms with E-state index < -0.39 is 5.82 Å². The molecule has 7 heteroatoms. The van der Waals surface area contributed by atoms with E-state index >= 15 is 0 Å². The molecule has 2 aromatic heterocycles. The number of nitrogens with one attached hydrogen (secondary N) is 1. The summed E-state index contributed by atoms with van der Waals surface area (Å²) in [5.74, 6) is 0.161. The maximum Gasteiger partial charge on any atom is 0.261 e. The van der Waals surface area contributed by atoms with Crippen LogP contribution in [0.15, 0.2) is 79.3 Å². The molecule has 0 saturated heterocycles. The molecule has 1 amide bonds. The van der Waals surface area contributed by atoms with Crippen LogP contribution in [-0.2, 0) is 0 Å². The summed E-state index contributed by atoms with van der Waals surface area (Å²) in [6.45, 7) is 0. The van der Waals surface area contributed by atoms with E-state index in [2.05, 4.69) is 10.4 Å². The molecule has 140 valence electrons. The number of rotatable bonds is 5. The summed E-state index contributed by atoms with van der Waals surface area (Å²) in [6.07, 6.45) is 4.97. The van der Waals surface area contributed by atoms with Gasteiger partial charge in [-0.2, -0.15) is 5.10 Å². The summed E-state index contributed by atoms with van der Waals surface area (Å²) in [6, 6.07) is 17.0. The number of carbonyl (C=O) groups is 1. The molecule has 1 N–H and O–H groups in total. The number of amides is 1. The molecule has 28 heavy (non-hydrogen) atoms. The molecular weight excluding hydrogens is 359 g/mol. The zero-order valence-corrected chi connectivity index (χ0v) is 15.0. The highest BCUT2D eigenvalue weighted by Gasteiger charge is 2.22. The second-order valence-corrected chi connectivity index (χ2v) is 5.99. The predicted octanol–water partition coefficient (Wildman–Crippen LogP) is 4.06. The van der Waals surface area contributed by atoms with Crippen LogP contribution in [0.4, 0.5) is 10.1 Å². The Morgan fingerprint density at radius 1 is 1.04 bits per heavy atom. The van der Waals surface area contributed by atoms with Crippen molar-refractivity contribution in [2.24, 2.45) is 0 Å². The molecular formula is C21H17FN4O2. The van der Waals surface area contributed by atoms with Gasteiger partial charge in [0, 0.05) is 12.4 Å². The Balaban J connectivity index is 1.80. The van der Waals surface area contributed by atoms with Crippen LogP contribution in [0.1, 0.15) is 10.4 Å². The highest BCUT2D eigenvalue weighted by atomic mass is 19.1. The Morgan fingerprint density at radius 3 is 2.50 bits per heavy atom. The van der Waals surface area contributed by atoms with Gasteiger partial charge in [-0.15, -0.1) is 0 Å². The van der Waals surface area contributed by atoms with Crippen LogP contribution >= 0.6 is 0 Å². The van der Waals surface area contributed by atoms with Gasteiger partial charge in [-0.25, -0.2) is 9.07 Å². The summed E-state index contributed by atoms with van der Waals surface area (Å²) in [5.41, 5.74) is 1.08. The summed E-state index contributed by atoms with van der Waals surface area (Å²) in [7, 11) is 1.53. The summed E-state index contributed by atoms with van der Waals surface area (Å²) in [4.78, 5) is 13.0.